The van der Waals surface area contributed by atoms with Crippen LogP contribution in [0.25, 0.3) is 0 Å². The van der Waals surface area contributed by atoms with Gasteiger partial charge >= 0.3 is 0 Å². The van der Waals surface area contributed by atoms with Gasteiger partial charge in [-0.1, -0.05) is 6.07 Å². The Kier molecular flexibility index (Phi) is 6.87. The van der Waals surface area contributed by atoms with E-state index in [4.69, 9.17) is 9.47 Å². The number of rotatable bonds is 8. The highest BCUT2D eigenvalue weighted by molar-refractivity contribution is 6.00. The first-order valence-corrected chi connectivity index (χ1v) is 9.63. The first-order valence-electron chi connectivity index (χ1n) is 9.63. The molecule has 1 N–H and O–H groups in total. The molecule has 0 atom stereocenters. The van der Waals surface area contributed by atoms with E-state index in [0.29, 0.717) is 42.5 Å². The van der Waals surface area contributed by atoms with Crippen molar-refractivity contribution in [3.63, 3.8) is 0 Å². The number of anilines is 1. The van der Waals surface area contributed by atoms with Crippen LogP contribution in [0.15, 0.2) is 30.5 Å². The molecular weight excluding hydrogens is 375 g/mol. The van der Waals surface area contributed by atoms with Crippen LogP contribution in [0.2, 0.25) is 0 Å². The van der Waals surface area contributed by atoms with Crippen molar-refractivity contribution in [3.05, 3.63) is 47.4 Å². The predicted molar refractivity (Wildman–Crippen MR) is 109 cm³/mol. The van der Waals surface area contributed by atoms with E-state index in [9.17, 15) is 9.18 Å². The first kappa shape index (κ1) is 20.9. The quantitative estimate of drug-likeness (QED) is 0.684. The molecule has 2 aromatic rings. The van der Waals surface area contributed by atoms with Crippen LogP contribution in [0.4, 0.5) is 10.1 Å². The summed E-state index contributed by atoms with van der Waals surface area (Å²) in [5.74, 6) is 0.314. The Morgan fingerprint density at radius 1 is 1.28 bits per heavy atom. The van der Waals surface area contributed by atoms with E-state index < -0.39 is 0 Å². The van der Waals surface area contributed by atoms with Gasteiger partial charge in [-0.25, -0.2) is 9.37 Å². The third-order valence-corrected chi connectivity index (χ3v) is 4.93. The van der Waals surface area contributed by atoms with E-state index in [2.05, 4.69) is 10.3 Å². The summed E-state index contributed by atoms with van der Waals surface area (Å²) in [5.41, 5.74) is 1.69. The number of nitrogens with one attached hydrogen (secondary N) is 1. The summed E-state index contributed by atoms with van der Waals surface area (Å²) in [7, 11) is 5.29. The number of ether oxygens (including phenoxy) is 2. The monoisotopic (exact) mass is 402 g/mol. The Bertz CT molecular complexity index is 862. The molecule has 1 aromatic carbocycles. The maximum absolute atomic E-state index is 14.6. The number of methoxy groups -OCH3 is 1. The molecule has 0 radical (unpaired) electrons. The zero-order valence-electron chi connectivity index (χ0n) is 17.1. The molecule has 0 unspecified atom stereocenters. The molecule has 0 aliphatic carbocycles. The number of nitrogens with zero attached hydrogens (tertiary/aromatic N) is 3. The van der Waals surface area contributed by atoms with Crippen LogP contribution in [0.1, 0.15) is 22.3 Å². The van der Waals surface area contributed by atoms with Crippen LogP contribution in [-0.2, 0) is 6.54 Å². The highest BCUT2D eigenvalue weighted by Crippen LogP contribution is 2.27. The molecule has 1 aliphatic rings. The number of benzene rings is 1. The molecule has 1 aliphatic heterocycles. The number of pyridine rings is 1. The Hall–Kier alpha value is -2.87. The number of hydrogen-bond donors (Lipinski definition) is 1. The minimum Gasteiger partial charge on any atom is -0.493 e. The smallest absolute Gasteiger partial charge is 0.256 e. The molecule has 1 amide bonds. The second kappa shape index (κ2) is 9.56. The third-order valence-electron chi connectivity index (χ3n) is 4.93. The number of aromatic nitrogens is 1. The average molecular weight is 402 g/mol. The van der Waals surface area contributed by atoms with E-state index in [1.54, 1.807) is 29.3 Å². The maximum Gasteiger partial charge on any atom is 0.256 e. The highest BCUT2D eigenvalue weighted by Gasteiger charge is 2.26. The molecule has 0 fully saturated rings. The number of carbonyl (C=O) groups is 1. The van der Waals surface area contributed by atoms with Crippen molar-refractivity contribution in [1.29, 1.82) is 0 Å². The molecule has 0 saturated carbocycles. The van der Waals surface area contributed by atoms with Gasteiger partial charge in [0.05, 0.1) is 31.2 Å². The second-order valence-electron chi connectivity index (χ2n) is 6.95. The van der Waals surface area contributed by atoms with Gasteiger partial charge in [0.1, 0.15) is 11.6 Å². The van der Waals surface area contributed by atoms with Gasteiger partial charge in [-0.05, 0) is 26.1 Å². The molecular formula is C21H27FN4O3. The molecule has 29 heavy (non-hydrogen) atoms. The van der Waals surface area contributed by atoms with Gasteiger partial charge in [-0.3, -0.25) is 4.79 Å². The lowest BCUT2D eigenvalue weighted by atomic mass is 10.1. The van der Waals surface area contributed by atoms with Crippen molar-refractivity contribution < 1.29 is 18.7 Å². The zero-order chi connectivity index (χ0) is 20.8. The summed E-state index contributed by atoms with van der Waals surface area (Å²) in [6.07, 6.45) is 2.48. The van der Waals surface area contributed by atoms with Crippen molar-refractivity contribution in [2.75, 3.05) is 52.3 Å². The standard InChI is InChI=1S/C21H27FN4O3/c1-23-7-4-10-29-16-6-5-15(18(22)11-16)14-26-9-8-25(2)19-13-24-20(28-3)12-17(19)21(26)27/h5-6,11-13,23H,4,7-10,14H2,1-3H3. The molecule has 7 nitrogen and oxygen atoms in total. The van der Waals surface area contributed by atoms with Gasteiger partial charge in [0.15, 0.2) is 0 Å². The second-order valence-corrected chi connectivity index (χ2v) is 6.95. The van der Waals surface area contributed by atoms with Crippen LogP contribution >= 0.6 is 0 Å². The number of fused-ring (bicyclic) bond motifs is 1. The van der Waals surface area contributed by atoms with Gasteiger partial charge in [0.2, 0.25) is 5.88 Å². The Morgan fingerprint density at radius 3 is 2.83 bits per heavy atom. The molecule has 0 spiro atoms. The fraction of sp³-hybridized carbons (Fsp3) is 0.429. The van der Waals surface area contributed by atoms with Gasteiger partial charge in [0.25, 0.3) is 5.91 Å². The van der Waals surface area contributed by atoms with Gasteiger partial charge < -0.3 is 24.6 Å². The van der Waals surface area contributed by atoms with Crippen molar-refractivity contribution in [2.45, 2.75) is 13.0 Å². The summed E-state index contributed by atoms with van der Waals surface area (Å²) in [6, 6.07) is 6.43. The van der Waals surface area contributed by atoms with Crippen molar-refractivity contribution in [1.82, 2.24) is 15.2 Å². The summed E-state index contributed by atoms with van der Waals surface area (Å²) >= 11 is 0. The van der Waals surface area contributed by atoms with Crippen LogP contribution in [0.5, 0.6) is 11.6 Å². The normalized spacial score (nSPS) is 13.9. The lowest BCUT2D eigenvalue weighted by Crippen LogP contribution is -2.33. The minimum atomic E-state index is -0.381. The molecule has 156 valence electrons. The molecule has 0 bridgehead atoms. The fourth-order valence-corrected chi connectivity index (χ4v) is 3.22. The summed E-state index contributed by atoms with van der Waals surface area (Å²) in [5, 5.41) is 3.04. The van der Waals surface area contributed by atoms with E-state index in [1.807, 2.05) is 19.0 Å². The highest BCUT2D eigenvalue weighted by atomic mass is 19.1. The Labute approximate surface area is 170 Å². The van der Waals surface area contributed by atoms with Crippen molar-refractivity contribution >= 4 is 11.6 Å². The zero-order valence-corrected chi connectivity index (χ0v) is 17.1. The molecule has 3 rings (SSSR count). The predicted octanol–water partition coefficient (Wildman–Crippen LogP) is 2.31. The fourth-order valence-electron chi connectivity index (χ4n) is 3.22. The van der Waals surface area contributed by atoms with E-state index in [0.717, 1.165) is 18.7 Å². The number of carbonyl (C=O) groups excluding carboxylic acids is 1. The molecule has 2 heterocycles. The topological polar surface area (TPSA) is 66.9 Å². The summed E-state index contributed by atoms with van der Waals surface area (Å²) in [6.45, 7) is 2.65. The summed E-state index contributed by atoms with van der Waals surface area (Å²) in [4.78, 5) is 20.9. The van der Waals surface area contributed by atoms with Crippen LogP contribution < -0.4 is 19.7 Å². The van der Waals surface area contributed by atoms with Crippen LogP contribution in [0.3, 0.4) is 0 Å². The van der Waals surface area contributed by atoms with Crippen LogP contribution in [-0.4, -0.2) is 63.2 Å². The van der Waals surface area contributed by atoms with Crippen LogP contribution in [0, 0.1) is 5.82 Å². The van der Waals surface area contributed by atoms with E-state index in [-0.39, 0.29) is 18.3 Å². The number of likely N-dealkylation sites (N-methyl/N-ethyl adjacent to an activating group) is 1. The molecule has 8 heteroatoms. The lowest BCUT2D eigenvalue weighted by molar-refractivity contribution is 0.0753. The van der Waals surface area contributed by atoms with Crippen molar-refractivity contribution in [3.8, 4) is 11.6 Å². The Morgan fingerprint density at radius 2 is 2.10 bits per heavy atom. The largest absolute Gasteiger partial charge is 0.493 e. The van der Waals surface area contributed by atoms with Gasteiger partial charge in [0, 0.05) is 44.4 Å². The van der Waals surface area contributed by atoms with Crippen molar-refractivity contribution in [2.24, 2.45) is 0 Å². The number of amides is 1. The Balaban J connectivity index is 1.74. The maximum atomic E-state index is 14.6. The van der Waals surface area contributed by atoms with Gasteiger partial charge in [-0.15, -0.1) is 0 Å². The molecule has 1 aromatic heterocycles. The minimum absolute atomic E-state index is 0.170. The number of hydrogen-bond acceptors (Lipinski definition) is 6. The molecule has 0 saturated heterocycles. The third kappa shape index (κ3) is 4.95. The van der Waals surface area contributed by atoms with E-state index >= 15 is 0 Å². The average Bonchev–Trinajstić information content (AvgIpc) is 2.84. The number of halogens is 1. The first-order chi connectivity index (χ1) is 14.0. The summed E-state index contributed by atoms with van der Waals surface area (Å²) < 4.78 is 25.4. The lowest BCUT2D eigenvalue weighted by Gasteiger charge is -2.21. The van der Waals surface area contributed by atoms with E-state index in [1.165, 1.54) is 13.2 Å². The SMILES string of the molecule is CNCCCOc1ccc(CN2CCN(C)c3cnc(OC)cc3C2=O)c(F)c1. The van der Waals surface area contributed by atoms with Gasteiger partial charge in [-0.2, -0.15) is 0 Å².